The summed E-state index contributed by atoms with van der Waals surface area (Å²) in [6, 6.07) is 39.8. The van der Waals surface area contributed by atoms with Crippen molar-refractivity contribution in [2.45, 2.75) is 69.7 Å². The monoisotopic (exact) mass is 592 g/mol. The molecule has 0 amide bonds. The number of aromatic nitrogens is 1. The molecule has 1 aromatic heterocycles. The second-order valence-corrected chi connectivity index (χ2v) is 15.6. The van der Waals surface area contributed by atoms with E-state index in [1.807, 2.05) is 0 Å². The van der Waals surface area contributed by atoms with Crippen molar-refractivity contribution in [3.8, 4) is 33.5 Å². The Kier molecular flexibility index (Phi) is 4.50. The average Bonchev–Trinajstić information content (AvgIpc) is 3.63. The van der Waals surface area contributed by atoms with Crippen molar-refractivity contribution in [1.82, 2.24) is 4.48 Å². The van der Waals surface area contributed by atoms with Crippen LogP contribution in [0.15, 0.2) is 103 Å². The molecule has 2 nitrogen and oxygen atoms in total. The highest BCUT2D eigenvalue weighted by Crippen LogP contribution is 2.62. The number of nitrogens with zero attached hydrogens (tertiary/aromatic N) is 2. The highest BCUT2D eigenvalue weighted by Gasteiger charge is 2.61. The van der Waals surface area contributed by atoms with E-state index in [-0.39, 0.29) is 23.2 Å². The fraction of sp³-hybridized carbons (Fsp3) is 0.256. The summed E-state index contributed by atoms with van der Waals surface area (Å²) in [5.74, 6) is 0. The third-order valence-corrected chi connectivity index (χ3v) is 13.3. The Hall–Kier alpha value is -4.50. The molecule has 4 heterocycles. The third kappa shape index (κ3) is 2.66. The highest BCUT2D eigenvalue weighted by atomic mass is 15.3. The zero-order valence-electron chi connectivity index (χ0n) is 27.1. The van der Waals surface area contributed by atoms with Gasteiger partial charge in [-0.3, -0.25) is 0 Å². The Bertz CT molecular complexity index is 2350. The molecule has 3 heteroatoms. The number of para-hydroxylation sites is 2. The fourth-order valence-electron chi connectivity index (χ4n) is 11.0. The number of hydrogen-bond acceptors (Lipinski definition) is 1. The van der Waals surface area contributed by atoms with E-state index >= 15 is 0 Å². The average molecular weight is 593 g/mol. The number of benzene rings is 5. The van der Waals surface area contributed by atoms with Gasteiger partial charge in [0.1, 0.15) is 0 Å². The molecule has 222 valence electrons. The van der Waals surface area contributed by atoms with Crippen molar-refractivity contribution < 1.29 is 0 Å². The first kappa shape index (κ1) is 25.7. The van der Waals surface area contributed by atoms with E-state index in [9.17, 15) is 0 Å². The third-order valence-electron chi connectivity index (χ3n) is 13.3. The minimum atomic E-state index is -0.0716. The first-order valence-electron chi connectivity index (χ1n) is 17.3. The van der Waals surface area contributed by atoms with Crippen LogP contribution in [-0.2, 0) is 10.8 Å². The molecule has 46 heavy (non-hydrogen) atoms. The van der Waals surface area contributed by atoms with Crippen LogP contribution in [0.2, 0.25) is 0 Å². The van der Waals surface area contributed by atoms with Crippen molar-refractivity contribution in [2.75, 3.05) is 4.90 Å². The molecule has 3 aliphatic heterocycles. The van der Waals surface area contributed by atoms with Crippen molar-refractivity contribution >= 4 is 40.1 Å². The minimum Gasteiger partial charge on any atom is -0.375 e. The van der Waals surface area contributed by atoms with Crippen LogP contribution in [0, 0.1) is 0 Å². The van der Waals surface area contributed by atoms with Crippen LogP contribution < -0.4 is 15.8 Å². The SMILES string of the molecule is CC1(C)c2ccccc2-c2c1c1cccc3c1n2B1c2cccc4c2N(c2cc(-c5ccccc5)cc-3c21)C1(C)CCCCC41C. The van der Waals surface area contributed by atoms with Gasteiger partial charge in [0.2, 0.25) is 0 Å². The van der Waals surface area contributed by atoms with E-state index in [1.165, 1.54) is 104 Å². The van der Waals surface area contributed by atoms with Crippen molar-refractivity contribution in [2.24, 2.45) is 0 Å². The first-order valence-corrected chi connectivity index (χ1v) is 17.3. The summed E-state index contributed by atoms with van der Waals surface area (Å²) in [7, 11) is 0. The van der Waals surface area contributed by atoms with Gasteiger partial charge in [-0.2, -0.15) is 0 Å². The van der Waals surface area contributed by atoms with Crippen molar-refractivity contribution in [3.05, 3.63) is 120 Å². The lowest BCUT2D eigenvalue weighted by atomic mass is 9.44. The van der Waals surface area contributed by atoms with Gasteiger partial charge in [-0.25, -0.2) is 0 Å². The van der Waals surface area contributed by atoms with Crippen LogP contribution >= 0.6 is 0 Å². The summed E-state index contributed by atoms with van der Waals surface area (Å²) < 4.78 is 2.79. The van der Waals surface area contributed by atoms with Gasteiger partial charge in [0, 0.05) is 49.9 Å². The van der Waals surface area contributed by atoms with E-state index in [2.05, 4.69) is 140 Å². The second-order valence-electron chi connectivity index (χ2n) is 15.6. The standard InChI is InChI=1S/C43H37BN2/c1-41(2)32-19-9-8-16-29(32)39-36(41)30-18-12-17-28-31-24-27(26-14-6-5-7-15-26)25-35-37(31)44(46(39)38(28)30)34-21-13-20-33-40(34)45(35)43(4)23-11-10-22-42(33,43)3/h5-9,12-21,24-25H,10-11,22-23H2,1-4H3. The van der Waals surface area contributed by atoms with Gasteiger partial charge in [0.15, 0.2) is 0 Å². The normalized spacial score (nSPS) is 23.6. The fourth-order valence-corrected chi connectivity index (χ4v) is 11.0. The zero-order valence-corrected chi connectivity index (χ0v) is 27.1. The van der Waals surface area contributed by atoms with Gasteiger partial charge >= 0.3 is 6.85 Å². The van der Waals surface area contributed by atoms with E-state index in [1.54, 1.807) is 5.56 Å². The lowest BCUT2D eigenvalue weighted by Gasteiger charge is -2.52. The van der Waals surface area contributed by atoms with E-state index in [0.29, 0.717) is 0 Å². The summed E-state index contributed by atoms with van der Waals surface area (Å²) >= 11 is 0. The molecule has 1 saturated carbocycles. The maximum absolute atomic E-state index is 2.85. The number of rotatable bonds is 1. The lowest BCUT2D eigenvalue weighted by Crippen LogP contribution is -2.62. The Morgan fingerprint density at radius 2 is 1.39 bits per heavy atom. The molecule has 0 N–H and O–H groups in total. The van der Waals surface area contributed by atoms with Crippen LogP contribution in [0.25, 0.3) is 44.4 Å². The summed E-state index contributed by atoms with van der Waals surface area (Å²) in [5.41, 5.74) is 20.1. The van der Waals surface area contributed by atoms with E-state index < -0.39 is 0 Å². The molecule has 5 aliphatic rings. The van der Waals surface area contributed by atoms with Gasteiger partial charge in [-0.15, -0.1) is 0 Å². The zero-order chi connectivity index (χ0) is 30.7. The Morgan fingerprint density at radius 3 is 2.26 bits per heavy atom. The van der Waals surface area contributed by atoms with Crippen LogP contribution in [0.5, 0.6) is 0 Å². The summed E-state index contributed by atoms with van der Waals surface area (Å²) in [4.78, 5) is 2.85. The molecule has 0 spiro atoms. The molecule has 1 fully saturated rings. The Morgan fingerprint density at radius 1 is 0.652 bits per heavy atom. The van der Waals surface area contributed by atoms with E-state index in [0.717, 1.165) is 0 Å². The molecular formula is C43H37BN2. The lowest BCUT2D eigenvalue weighted by molar-refractivity contribution is 0.195. The molecule has 5 aromatic carbocycles. The van der Waals surface area contributed by atoms with Gasteiger partial charge in [0.05, 0.1) is 5.54 Å². The molecule has 2 aliphatic carbocycles. The minimum absolute atomic E-state index is 0.0250. The van der Waals surface area contributed by atoms with Crippen LogP contribution in [0.1, 0.15) is 70.1 Å². The predicted octanol–water partition coefficient (Wildman–Crippen LogP) is 9.30. The van der Waals surface area contributed by atoms with Crippen molar-refractivity contribution in [3.63, 3.8) is 0 Å². The highest BCUT2D eigenvalue weighted by molar-refractivity contribution is 6.89. The van der Waals surface area contributed by atoms with Gasteiger partial charge in [0.25, 0.3) is 0 Å². The van der Waals surface area contributed by atoms with Crippen molar-refractivity contribution in [1.29, 1.82) is 0 Å². The second kappa shape index (κ2) is 8.07. The number of fused-ring (bicyclic) bond motifs is 12. The maximum atomic E-state index is 2.85. The number of hydrogen-bond donors (Lipinski definition) is 0. The Labute approximate surface area is 271 Å². The largest absolute Gasteiger partial charge is 0.375 e. The van der Waals surface area contributed by atoms with Gasteiger partial charge in [-0.1, -0.05) is 125 Å². The smallest absolute Gasteiger partial charge is 0.333 e. The molecule has 0 radical (unpaired) electrons. The van der Waals surface area contributed by atoms with Crippen LogP contribution in [0.4, 0.5) is 11.4 Å². The van der Waals surface area contributed by atoms with Crippen LogP contribution in [-0.4, -0.2) is 16.9 Å². The summed E-state index contributed by atoms with van der Waals surface area (Å²) in [5, 5.41) is 1.41. The number of anilines is 2. The molecular weight excluding hydrogens is 555 g/mol. The van der Waals surface area contributed by atoms with Gasteiger partial charge in [-0.05, 0) is 76.2 Å². The van der Waals surface area contributed by atoms with Crippen LogP contribution in [0.3, 0.4) is 0 Å². The Balaban J connectivity index is 1.34. The predicted molar refractivity (Wildman–Crippen MR) is 194 cm³/mol. The topological polar surface area (TPSA) is 8.17 Å². The maximum Gasteiger partial charge on any atom is 0.333 e. The molecule has 0 saturated heterocycles. The molecule has 2 unspecified atom stereocenters. The van der Waals surface area contributed by atoms with Gasteiger partial charge < -0.3 is 9.38 Å². The van der Waals surface area contributed by atoms with E-state index in [4.69, 9.17) is 0 Å². The summed E-state index contributed by atoms with van der Waals surface area (Å²) in [6.45, 7) is 10.2. The quantitative estimate of drug-likeness (QED) is 0.173. The molecule has 0 bridgehead atoms. The summed E-state index contributed by atoms with van der Waals surface area (Å²) in [6.07, 6.45) is 5.05. The first-order chi connectivity index (χ1) is 22.3. The molecule has 11 rings (SSSR count). The molecule has 6 aromatic rings. The molecule has 2 atom stereocenters.